The molecule has 0 N–H and O–H groups in total. The molecule has 3 aromatic rings. The fourth-order valence-electron chi connectivity index (χ4n) is 4.43. The highest BCUT2D eigenvalue weighted by Gasteiger charge is 2.32. The monoisotopic (exact) mass is 452 g/mol. The van der Waals surface area contributed by atoms with Crippen molar-refractivity contribution in [1.29, 1.82) is 0 Å². The topological polar surface area (TPSA) is 46.3 Å². The number of fused-ring (bicyclic) bond motifs is 1. The molecule has 4 heterocycles. The predicted octanol–water partition coefficient (Wildman–Crippen LogP) is 3.74. The smallest absolute Gasteiger partial charge is 0.416 e. The van der Waals surface area contributed by atoms with E-state index in [1.54, 1.807) is 17.2 Å². The van der Waals surface area contributed by atoms with Gasteiger partial charge in [0.05, 0.1) is 17.6 Å². The van der Waals surface area contributed by atoms with Gasteiger partial charge in [0, 0.05) is 36.5 Å². The van der Waals surface area contributed by atoms with Crippen LogP contribution in [0.5, 0.6) is 0 Å². The summed E-state index contributed by atoms with van der Waals surface area (Å²) in [4.78, 5) is 8.41. The average Bonchev–Trinajstić information content (AvgIpc) is 3.36. The summed E-state index contributed by atoms with van der Waals surface area (Å²) < 4.78 is 41.7. The van der Waals surface area contributed by atoms with E-state index >= 15 is 0 Å². The van der Waals surface area contributed by atoms with Gasteiger partial charge in [0.2, 0.25) is 0 Å². The van der Waals surface area contributed by atoms with Gasteiger partial charge in [0.1, 0.15) is 18.9 Å². The van der Waals surface area contributed by atoms with Crippen molar-refractivity contribution in [3.8, 4) is 0 Å². The lowest BCUT2D eigenvalue weighted by molar-refractivity contribution is -0.674. The van der Waals surface area contributed by atoms with E-state index in [0.717, 1.165) is 49.4 Å². The summed E-state index contributed by atoms with van der Waals surface area (Å²) in [6.45, 7) is 2.48. The number of allylic oxidation sites excluding steroid dienone is 1. The van der Waals surface area contributed by atoms with Gasteiger partial charge in [-0.3, -0.25) is 0 Å². The van der Waals surface area contributed by atoms with Crippen molar-refractivity contribution in [3.63, 3.8) is 0 Å². The summed E-state index contributed by atoms with van der Waals surface area (Å²) in [7, 11) is 0. The van der Waals surface area contributed by atoms with E-state index in [9.17, 15) is 18.3 Å². The fraction of sp³-hybridized carbons (Fsp3) is 0.280. The first-order chi connectivity index (χ1) is 15.9. The first-order valence-corrected chi connectivity index (χ1v) is 10.9. The summed E-state index contributed by atoms with van der Waals surface area (Å²) in [6.07, 6.45) is 1.45. The number of hydrogen-bond acceptors (Lipinski definition) is 4. The van der Waals surface area contributed by atoms with Crippen LogP contribution in [0.25, 0.3) is 5.57 Å². The Bertz CT molecular complexity index is 1180. The lowest BCUT2D eigenvalue weighted by Crippen LogP contribution is -2.49. The number of nitrogens with zero attached hydrogens (tertiary/aromatic N) is 4. The first kappa shape index (κ1) is 21.3. The number of benzene rings is 1. The van der Waals surface area contributed by atoms with Crippen molar-refractivity contribution in [2.75, 3.05) is 22.9 Å². The molecule has 2 aliphatic rings. The molecule has 0 spiro atoms. The van der Waals surface area contributed by atoms with E-state index in [2.05, 4.69) is 9.88 Å². The molecular formula is C25H23F3N4O. The Morgan fingerprint density at radius 2 is 1.82 bits per heavy atom. The van der Waals surface area contributed by atoms with E-state index in [1.165, 1.54) is 6.07 Å². The van der Waals surface area contributed by atoms with Crippen molar-refractivity contribution in [3.05, 3.63) is 89.6 Å². The molecule has 1 saturated heterocycles. The maximum absolute atomic E-state index is 13.5. The maximum Gasteiger partial charge on any atom is 0.416 e. The lowest BCUT2D eigenvalue weighted by Gasteiger charge is -2.32. The minimum atomic E-state index is -4.47. The lowest BCUT2D eigenvalue weighted by atomic mass is 10.0. The van der Waals surface area contributed by atoms with E-state index < -0.39 is 11.7 Å². The molecule has 5 nitrogen and oxygen atoms in total. The quantitative estimate of drug-likeness (QED) is 0.566. The molecule has 0 radical (unpaired) electrons. The number of pyridine rings is 2. The Morgan fingerprint density at radius 3 is 2.55 bits per heavy atom. The second-order valence-electron chi connectivity index (χ2n) is 8.35. The highest BCUT2D eigenvalue weighted by atomic mass is 19.4. The molecule has 2 aliphatic heterocycles. The molecule has 0 aliphatic carbocycles. The van der Waals surface area contributed by atoms with Crippen molar-refractivity contribution in [1.82, 2.24) is 4.98 Å². The molecule has 170 valence electrons. The highest BCUT2D eigenvalue weighted by Crippen LogP contribution is 2.33. The SMILES string of the molecule is [O-]C1=C(c2cccc(C(F)(F)F)c2)C[n+]2ccccc2N1Cc1ccc(N2CCCC2)nc1. The largest absolute Gasteiger partial charge is 0.842 e. The third-order valence-corrected chi connectivity index (χ3v) is 6.14. The molecule has 5 rings (SSSR count). The number of anilines is 2. The Labute approximate surface area is 190 Å². The Kier molecular flexibility index (Phi) is 5.44. The number of alkyl halides is 3. The van der Waals surface area contributed by atoms with E-state index in [4.69, 9.17) is 0 Å². The van der Waals surface area contributed by atoms with Crippen LogP contribution in [0.3, 0.4) is 0 Å². The molecular weight excluding hydrogens is 429 g/mol. The first-order valence-electron chi connectivity index (χ1n) is 10.9. The minimum absolute atomic E-state index is 0.207. The van der Waals surface area contributed by atoms with E-state index in [1.807, 2.05) is 41.1 Å². The fourth-order valence-corrected chi connectivity index (χ4v) is 4.43. The van der Waals surface area contributed by atoms with Crippen LogP contribution >= 0.6 is 0 Å². The van der Waals surface area contributed by atoms with Gasteiger partial charge in [-0.25, -0.2) is 14.5 Å². The molecule has 0 atom stereocenters. The van der Waals surface area contributed by atoms with Crippen molar-refractivity contribution in [2.45, 2.75) is 32.1 Å². The molecule has 0 amide bonds. The third-order valence-electron chi connectivity index (χ3n) is 6.14. The molecule has 1 aromatic carbocycles. The summed E-state index contributed by atoms with van der Waals surface area (Å²) in [5.41, 5.74) is 0.695. The maximum atomic E-state index is 13.5. The standard InChI is InChI=1S/C25H23F3N4O/c26-25(27,28)20-7-5-6-19(14-20)21-17-31-13-2-1-8-23(31)32(24(21)33)16-18-9-10-22(29-15-18)30-11-3-4-12-30/h1-2,5-10,13-15H,3-4,11-12,16-17H2. The van der Waals surface area contributed by atoms with Gasteiger partial charge in [0.15, 0.2) is 0 Å². The number of rotatable bonds is 4. The van der Waals surface area contributed by atoms with Crippen molar-refractivity contribution >= 4 is 17.2 Å². The van der Waals surface area contributed by atoms with E-state index in [0.29, 0.717) is 11.4 Å². The van der Waals surface area contributed by atoms with E-state index in [-0.39, 0.29) is 24.5 Å². The Hall–Kier alpha value is -3.55. The van der Waals surface area contributed by atoms with Crippen molar-refractivity contribution in [2.24, 2.45) is 0 Å². The third kappa shape index (κ3) is 4.25. The molecule has 1 fully saturated rings. The molecule has 8 heteroatoms. The van der Waals surface area contributed by atoms with Crippen LogP contribution < -0.4 is 19.5 Å². The highest BCUT2D eigenvalue weighted by molar-refractivity contribution is 5.71. The number of halogens is 3. The molecule has 0 unspecified atom stereocenters. The zero-order chi connectivity index (χ0) is 23.0. The van der Waals surface area contributed by atoms with Crippen LogP contribution in [0, 0.1) is 0 Å². The van der Waals surface area contributed by atoms with Crippen LogP contribution in [0.1, 0.15) is 29.5 Å². The van der Waals surface area contributed by atoms with Crippen LogP contribution in [0.4, 0.5) is 24.8 Å². The normalized spacial score (nSPS) is 16.3. The van der Waals surface area contributed by atoms with Gasteiger partial charge >= 0.3 is 6.18 Å². The average molecular weight is 452 g/mol. The molecule has 0 bridgehead atoms. The summed E-state index contributed by atoms with van der Waals surface area (Å²) in [5.74, 6) is 1.32. The van der Waals surface area contributed by atoms with Gasteiger partial charge in [-0.1, -0.05) is 18.2 Å². The minimum Gasteiger partial charge on any atom is -0.842 e. The van der Waals surface area contributed by atoms with Crippen LogP contribution in [-0.4, -0.2) is 18.1 Å². The van der Waals surface area contributed by atoms with Gasteiger partial charge < -0.3 is 10.0 Å². The van der Waals surface area contributed by atoms with Crippen LogP contribution in [0.2, 0.25) is 0 Å². The zero-order valence-electron chi connectivity index (χ0n) is 17.9. The Morgan fingerprint density at radius 1 is 1.00 bits per heavy atom. The second kappa shape index (κ2) is 8.42. The number of aromatic nitrogens is 2. The van der Waals surface area contributed by atoms with Crippen molar-refractivity contribution < 1.29 is 22.8 Å². The van der Waals surface area contributed by atoms with Crippen LogP contribution in [0.15, 0.2) is 72.9 Å². The van der Waals surface area contributed by atoms with Crippen LogP contribution in [-0.2, 0) is 19.3 Å². The summed E-state index contributed by atoms with van der Waals surface area (Å²) in [5, 5.41) is 13.5. The molecule has 2 aromatic heterocycles. The number of hydrogen-bond donors (Lipinski definition) is 0. The molecule has 33 heavy (non-hydrogen) atoms. The zero-order valence-corrected chi connectivity index (χ0v) is 17.9. The molecule has 0 saturated carbocycles. The predicted molar refractivity (Wildman–Crippen MR) is 117 cm³/mol. The van der Waals surface area contributed by atoms with Gasteiger partial charge in [-0.15, -0.1) is 0 Å². The van der Waals surface area contributed by atoms with Gasteiger partial charge in [-0.2, -0.15) is 13.2 Å². The second-order valence-corrected chi connectivity index (χ2v) is 8.35. The summed E-state index contributed by atoms with van der Waals surface area (Å²) in [6, 6.07) is 14.4. The Balaban J connectivity index is 1.49. The summed E-state index contributed by atoms with van der Waals surface area (Å²) >= 11 is 0. The van der Waals surface area contributed by atoms with Gasteiger partial charge in [-0.05, 0) is 48.7 Å². The van der Waals surface area contributed by atoms with Gasteiger partial charge in [0.25, 0.3) is 5.82 Å².